The highest BCUT2D eigenvalue weighted by Gasteiger charge is 2.72. The second kappa shape index (κ2) is 6.51. The Kier molecular flexibility index (Phi) is 5.20. The van der Waals surface area contributed by atoms with Crippen LogP contribution in [0.3, 0.4) is 0 Å². The molecule has 0 bridgehead atoms. The van der Waals surface area contributed by atoms with Gasteiger partial charge >= 0.3 is 12.4 Å². The molecule has 130 valence electrons. The number of hydrogen-bond acceptors (Lipinski definition) is 2. The number of benzene rings is 1. The minimum atomic E-state index is -5.33. The average Bonchev–Trinajstić information content (AvgIpc) is 2.86. The van der Waals surface area contributed by atoms with Gasteiger partial charge in [-0.3, -0.25) is 0 Å². The molecule has 0 spiro atoms. The molecule has 0 atom stereocenters. The van der Waals surface area contributed by atoms with Crippen molar-refractivity contribution in [2.24, 2.45) is 5.41 Å². The molecule has 1 aliphatic rings. The molecule has 1 saturated heterocycles. The SMILES string of the molecule is Fc1ccccc1SCCN1CCC(C(F)(F)F)(C(F)(F)F)C1. The highest BCUT2D eigenvalue weighted by molar-refractivity contribution is 7.99. The van der Waals surface area contributed by atoms with E-state index >= 15 is 0 Å². The van der Waals surface area contributed by atoms with Gasteiger partial charge in [0.15, 0.2) is 5.41 Å². The highest BCUT2D eigenvalue weighted by atomic mass is 32.2. The normalized spacial score (nSPS) is 19.3. The highest BCUT2D eigenvalue weighted by Crippen LogP contribution is 2.55. The zero-order valence-electron chi connectivity index (χ0n) is 11.8. The second-order valence-electron chi connectivity index (χ2n) is 5.38. The first kappa shape index (κ1) is 18.4. The summed E-state index contributed by atoms with van der Waals surface area (Å²) in [6, 6.07) is 5.87. The zero-order chi connectivity index (χ0) is 17.3. The molecule has 1 fully saturated rings. The van der Waals surface area contributed by atoms with Crippen LogP contribution < -0.4 is 0 Å². The molecule has 0 unspecified atom stereocenters. The van der Waals surface area contributed by atoms with Gasteiger partial charge in [0.2, 0.25) is 0 Å². The van der Waals surface area contributed by atoms with Crippen LogP contribution in [-0.2, 0) is 0 Å². The predicted molar refractivity (Wildman–Crippen MR) is 72.7 cm³/mol. The summed E-state index contributed by atoms with van der Waals surface area (Å²) < 4.78 is 90.9. The van der Waals surface area contributed by atoms with Crippen molar-refractivity contribution in [3.05, 3.63) is 30.1 Å². The third-order valence-electron chi connectivity index (χ3n) is 3.94. The molecule has 1 heterocycles. The van der Waals surface area contributed by atoms with Gasteiger partial charge in [0, 0.05) is 23.7 Å². The van der Waals surface area contributed by atoms with Crippen LogP contribution in [0.2, 0.25) is 0 Å². The van der Waals surface area contributed by atoms with E-state index in [-0.39, 0.29) is 18.8 Å². The van der Waals surface area contributed by atoms with Crippen LogP contribution in [0.1, 0.15) is 6.42 Å². The van der Waals surface area contributed by atoms with Crippen molar-refractivity contribution in [3.8, 4) is 0 Å². The van der Waals surface area contributed by atoms with E-state index in [1.165, 1.54) is 18.2 Å². The number of alkyl halides is 6. The summed E-state index contributed by atoms with van der Waals surface area (Å²) in [5.74, 6) is -0.244. The number of hydrogen-bond donors (Lipinski definition) is 0. The van der Waals surface area contributed by atoms with E-state index in [1.54, 1.807) is 6.07 Å². The Balaban J connectivity index is 1.96. The first-order valence-corrected chi connectivity index (χ1v) is 7.78. The molecular weight excluding hydrogens is 347 g/mol. The van der Waals surface area contributed by atoms with Crippen LogP contribution in [0, 0.1) is 11.2 Å². The lowest BCUT2D eigenvalue weighted by Crippen LogP contribution is -2.51. The molecule has 0 radical (unpaired) electrons. The minimum absolute atomic E-state index is 0.0346. The number of thioether (sulfide) groups is 1. The second-order valence-corrected chi connectivity index (χ2v) is 6.52. The lowest BCUT2D eigenvalue weighted by atomic mass is 9.85. The quantitative estimate of drug-likeness (QED) is 0.563. The Morgan fingerprint density at radius 2 is 1.65 bits per heavy atom. The Morgan fingerprint density at radius 3 is 2.17 bits per heavy atom. The molecule has 0 saturated carbocycles. The van der Waals surface area contributed by atoms with Crippen LogP contribution >= 0.6 is 11.8 Å². The molecule has 1 nitrogen and oxygen atoms in total. The number of nitrogens with zero attached hydrogens (tertiary/aromatic N) is 1. The number of likely N-dealkylation sites (tertiary alicyclic amines) is 1. The Labute approximate surface area is 132 Å². The molecule has 23 heavy (non-hydrogen) atoms. The first-order chi connectivity index (χ1) is 10.6. The predicted octanol–water partition coefficient (Wildman–Crippen LogP) is 4.73. The molecule has 9 heteroatoms. The van der Waals surface area contributed by atoms with E-state index in [2.05, 4.69) is 0 Å². The maximum Gasteiger partial charge on any atom is 0.404 e. The van der Waals surface area contributed by atoms with Crippen molar-refractivity contribution in [1.82, 2.24) is 4.90 Å². The van der Waals surface area contributed by atoms with E-state index in [0.29, 0.717) is 4.90 Å². The van der Waals surface area contributed by atoms with E-state index in [9.17, 15) is 30.7 Å². The van der Waals surface area contributed by atoms with Crippen molar-refractivity contribution in [1.29, 1.82) is 0 Å². The number of rotatable bonds is 4. The maximum absolute atomic E-state index is 13.4. The van der Waals surface area contributed by atoms with Crippen LogP contribution in [0.4, 0.5) is 30.7 Å². The van der Waals surface area contributed by atoms with E-state index in [1.807, 2.05) is 0 Å². The van der Waals surface area contributed by atoms with E-state index < -0.39 is 36.6 Å². The molecule has 0 N–H and O–H groups in total. The van der Waals surface area contributed by atoms with Crippen LogP contribution in [0.15, 0.2) is 29.2 Å². The summed E-state index contributed by atoms with van der Waals surface area (Å²) >= 11 is 1.07. The fraction of sp³-hybridized carbons (Fsp3) is 0.571. The third kappa shape index (κ3) is 3.76. The average molecular weight is 361 g/mol. The lowest BCUT2D eigenvalue weighted by molar-refractivity contribution is -0.335. The van der Waals surface area contributed by atoms with Crippen LogP contribution in [-0.4, -0.2) is 42.6 Å². The van der Waals surface area contributed by atoms with Gasteiger partial charge in [0.25, 0.3) is 0 Å². The monoisotopic (exact) mass is 361 g/mol. The van der Waals surface area contributed by atoms with Crippen LogP contribution in [0.5, 0.6) is 0 Å². The molecule has 0 amide bonds. The standard InChI is InChI=1S/C14H14F7NS/c15-10-3-1-2-4-11(10)23-8-7-22-6-5-12(9-22,13(16,17)18)14(19,20)21/h1-4H,5-9H2. The summed E-state index contributed by atoms with van der Waals surface area (Å²) in [5, 5.41) is 0. The summed E-state index contributed by atoms with van der Waals surface area (Å²) in [4.78, 5) is 1.46. The van der Waals surface area contributed by atoms with Crippen molar-refractivity contribution in [2.75, 3.05) is 25.4 Å². The van der Waals surface area contributed by atoms with Crippen molar-refractivity contribution in [3.63, 3.8) is 0 Å². The summed E-state index contributed by atoms with van der Waals surface area (Å²) in [7, 11) is 0. The first-order valence-electron chi connectivity index (χ1n) is 6.80. The fourth-order valence-electron chi connectivity index (χ4n) is 2.55. The van der Waals surface area contributed by atoms with Gasteiger partial charge < -0.3 is 4.90 Å². The van der Waals surface area contributed by atoms with Gasteiger partial charge in [-0.25, -0.2) is 4.39 Å². The molecule has 1 aromatic rings. The van der Waals surface area contributed by atoms with Crippen molar-refractivity contribution in [2.45, 2.75) is 23.7 Å². The summed E-state index contributed by atoms with van der Waals surface area (Å²) in [5.41, 5.74) is -3.66. The number of halogens is 7. The van der Waals surface area contributed by atoms with Gasteiger partial charge in [-0.1, -0.05) is 12.1 Å². The third-order valence-corrected chi connectivity index (χ3v) is 4.96. The van der Waals surface area contributed by atoms with Gasteiger partial charge in [0.1, 0.15) is 5.82 Å². The largest absolute Gasteiger partial charge is 0.404 e. The molecule has 1 aliphatic heterocycles. The fourth-order valence-corrected chi connectivity index (χ4v) is 3.50. The van der Waals surface area contributed by atoms with E-state index in [0.717, 1.165) is 16.7 Å². The topological polar surface area (TPSA) is 3.24 Å². The Bertz CT molecular complexity index is 527. The summed E-state index contributed by atoms with van der Waals surface area (Å²) in [6.45, 7) is -1.35. The minimum Gasteiger partial charge on any atom is -0.301 e. The van der Waals surface area contributed by atoms with Gasteiger partial charge in [0.05, 0.1) is 0 Å². The van der Waals surface area contributed by atoms with Crippen LogP contribution in [0.25, 0.3) is 0 Å². The van der Waals surface area contributed by atoms with E-state index in [4.69, 9.17) is 0 Å². The Morgan fingerprint density at radius 1 is 1.04 bits per heavy atom. The molecule has 2 rings (SSSR count). The van der Waals surface area contributed by atoms with Gasteiger partial charge in [-0.2, -0.15) is 26.3 Å². The molecule has 0 aliphatic carbocycles. The zero-order valence-corrected chi connectivity index (χ0v) is 12.7. The molecule has 1 aromatic carbocycles. The molecule has 0 aromatic heterocycles. The Hall–Kier alpha value is -0.960. The smallest absolute Gasteiger partial charge is 0.301 e. The molecular formula is C14H14F7NS. The van der Waals surface area contributed by atoms with Gasteiger partial charge in [-0.15, -0.1) is 11.8 Å². The lowest BCUT2D eigenvalue weighted by Gasteiger charge is -2.33. The van der Waals surface area contributed by atoms with Crippen molar-refractivity contribution < 1.29 is 30.7 Å². The maximum atomic E-state index is 13.4. The van der Waals surface area contributed by atoms with Crippen molar-refractivity contribution >= 4 is 11.8 Å². The van der Waals surface area contributed by atoms with Gasteiger partial charge in [-0.05, 0) is 25.1 Å². The summed E-state index contributed by atoms with van der Waals surface area (Å²) in [6.07, 6.45) is -11.7.